The summed E-state index contributed by atoms with van der Waals surface area (Å²) >= 11 is 1.20. The van der Waals surface area contributed by atoms with Gasteiger partial charge >= 0.3 is 0 Å². The van der Waals surface area contributed by atoms with Crippen molar-refractivity contribution in [2.75, 3.05) is 26.3 Å². The lowest BCUT2D eigenvalue weighted by molar-refractivity contribution is -0.179. The molecule has 0 aromatic carbocycles. The molecular formula is C18H23N3O5S2. The molecule has 2 aromatic rings. The number of sulfonamides is 1. The molecule has 0 radical (unpaired) electrons. The van der Waals surface area contributed by atoms with Crippen molar-refractivity contribution in [1.29, 1.82) is 0 Å². The van der Waals surface area contributed by atoms with Gasteiger partial charge in [0.25, 0.3) is 10.0 Å². The van der Waals surface area contributed by atoms with E-state index in [1.165, 1.54) is 28.5 Å². The predicted octanol–water partition coefficient (Wildman–Crippen LogP) is 2.98. The number of hydrogen-bond donors (Lipinski definition) is 0. The Balaban J connectivity index is 1.31. The van der Waals surface area contributed by atoms with E-state index in [1.807, 2.05) is 0 Å². The quantitative estimate of drug-likeness (QED) is 0.743. The predicted molar refractivity (Wildman–Crippen MR) is 101 cm³/mol. The molecule has 10 heteroatoms. The van der Waals surface area contributed by atoms with E-state index in [0.29, 0.717) is 66.6 Å². The zero-order chi connectivity index (χ0) is 19.2. The summed E-state index contributed by atoms with van der Waals surface area (Å²) < 4.78 is 44.7. The minimum absolute atomic E-state index is 0.305. The Labute approximate surface area is 167 Å². The SMILES string of the molecule is O=S(=O)(c1cc(-c2noc(C3CCCC3)n2)cs1)N1CCC2(CC1)OCCO2. The first-order chi connectivity index (χ1) is 13.6. The molecule has 2 aliphatic heterocycles. The van der Waals surface area contributed by atoms with Crippen molar-refractivity contribution in [2.45, 2.75) is 54.4 Å². The van der Waals surface area contributed by atoms with Gasteiger partial charge in [-0.3, -0.25) is 0 Å². The van der Waals surface area contributed by atoms with Crippen LogP contribution in [0.5, 0.6) is 0 Å². The van der Waals surface area contributed by atoms with Gasteiger partial charge in [-0.25, -0.2) is 8.42 Å². The third-order valence-corrected chi connectivity index (χ3v) is 9.19. The molecule has 2 aromatic heterocycles. The van der Waals surface area contributed by atoms with Gasteiger partial charge in [0.05, 0.1) is 13.2 Å². The summed E-state index contributed by atoms with van der Waals surface area (Å²) in [5, 5.41) is 5.85. The van der Waals surface area contributed by atoms with E-state index >= 15 is 0 Å². The van der Waals surface area contributed by atoms with Crippen molar-refractivity contribution in [3.63, 3.8) is 0 Å². The second-order valence-electron chi connectivity index (χ2n) is 7.60. The van der Waals surface area contributed by atoms with Gasteiger partial charge in [-0.2, -0.15) is 9.29 Å². The highest BCUT2D eigenvalue weighted by molar-refractivity contribution is 7.91. The van der Waals surface area contributed by atoms with Crippen LogP contribution in [0.1, 0.15) is 50.3 Å². The lowest BCUT2D eigenvalue weighted by Crippen LogP contribution is -2.47. The summed E-state index contributed by atoms with van der Waals surface area (Å²) in [6.07, 6.45) is 5.65. The fraction of sp³-hybridized carbons (Fsp3) is 0.667. The van der Waals surface area contributed by atoms with E-state index in [4.69, 9.17) is 14.0 Å². The summed E-state index contributed by atoms with van der Waals surface area (Å²) in [6.45, 7) is 1.94. The Morgan fingerprint density at radius 3 is 2.57 bits per heavy atom. The average Bonchev–Trinajstić information content (AvgIpc) is 3.47. The Morgan fingerprint density at radius 2 is 1.86 bits per heavy atom. The highest BCUT2D eigenvalue weighted by Crippen LogP contribution is 2.37. The molecular weight excluding hydrogens is 402 g/mol. The molecule has 1 aliphatic carbocycles. The maximum Gasteiger partial charge on any atom is 0.252 e. The first kappa shape index (κ1) is 18.7. The number of aromatic nitrogens is 2. The molecule has 1 spiro atoms. The van der Waals surface area contributed by atoms with Crippen molar-refractivity contribution in [3.8, 4) is 11.4 Å². The second-order valence-corrected chi connectivity index (χ2v) is 10.7. The van der Waals surface area contributed by atoms with Crippen molar-refractivity contribution in [3.05, 3.63) is 17.3 Å². The van der Waals surface area contributed by atoms with Crippen LogP contribution in [0.2, 0.25) is 0 Å². The zero-order valence-electron chi connectivity index (χ0n) is 15.5. The number of thiophene rings is 1. The standard InChI is InChI=1S/C18H23N3O5S2/c22-28(23,21-7-5-18(6-8-21)24-9-10-25-18)15-11-14(12-27-15)16-19-17(26-20-16)13-3-1-2-4-13/h11-13H,1-10H2. The zero-order valence-corrected chi connectivity index (χ0v) is 17.1. The molecule has 4 heterocycles. The molecule has 152 valence electrons. The van der Waals surface area contributed by atoms with E-state index in [9.17, 15) is 8.42 Å². The average molecular weight is 426 g/mol. The lowest BCUT2D eigenvalue weighted by atomic mass is 10.1. The lowest BCUT2D eigenvalue weighted by Gasteiger charge is -2.36. The molecule has 0 atom stereocenters. The van der Waals surface area contributed by atoms with Crippen LogP contribution in [0.3, 0.4) is 0 Å². The topological polar surface area (TPSA) is 94.8 Å². The number of ether oxygens (including phenoxy) is 2. The van der Waals surface area contributed by atoms with Gasteiger partial charge in [0, 0.05) is 42.8 Å². The summed E-state index contributed by atoms with van der Waals surface area (Å²) in [5.74, 6) is 0.878. The van der Waals surface area contributed by atoms with Crippen LogP contribution >= 0.6 is 11.3 Å². The van der Waals surface area contributed by atoms with Gasteiger partial charge < -0.3 is 14.0 Å². The van der Waals surface area contributed by atoms with Gasteiger partial charge in [0.1, 0.15) is 4.21 Å². The van der Waals surface area contributed by atoms with Gasteiger partial charge in [0.2, 0.25) is 11.7 Å². The molecule has 2 saturated heterocycles. The summed E-state index contributed by atoms with van der Waals surface area (Å²) in [5.41, 5.74) is 0.688. The van der Waals surface area contributed by atoms with Gasteiger partial charge in [-0.15, -0.1) is 11.3 Å². The van der Waals surface area contributed by atoms with Crippen molar-refractivity contribution in [2.24, 2.45) is 0 Å². The van der Waals surface area contributed by atoms with Crippen LogP contribution in [-0.4, -0.2) is 55.0 Å². The van der Waals surface area contributed by atoms with E-state index in [2.05, 4.69) is 10.1 Å². The van der Waals surface area contributed by atoms with Crippen LogP contribution in [0.4, 0.5) is 0 Å². The summed E-state index contributed by atoms with van der Waals surface area (Å²) in [7, 11) is -3.55. The third-order valence-electron chi connectivity index (χ3n) is 5.87. The Morgan fingerprint density at radius 1 is 1.14 bits per heavy atom. The molecule has 0 N–H and O–H groups in total. The number of nitrogens with zero attached hydrogens (tertiary/aromatic N) is 3. The minimum Gasteiger partial charge on any atom is -0.347 e. The molecule has 3 fully saturated rings. The van der Waals surface area contributed by atoms with Crippen LogP contribution in [0.25, 0.3) is 11.4 Å². The molecule has 0 amide bonds. The molecule has 28 heavy (non-hydrogen) atoms. The second kappa shape index (κ2) is 7.17. The summed E-state index contributed by atoms with van der Waals surface area (Å²) in [6, 6.07) is 1.65. The third kappa shape index (κ3) is 3.30. The largest absolute Gasteiger partial charge is 0.347 e. The Bertz CT molecular complexity index is 932. The monoisotopic (exact) mass is 425 g/mol. The molecule has 8 nitrogen and oxygen atoms in total. The Kier molecular flexibility index (Phi) is 4.79. The number of piperidine rings is 1. The number of hydrogen-bond acceptors (Lipinski definition) is 8. The normalized spacial score (nSPS) is 23.7. The smallest absolute Gasteiger partial charge is 0.252 e. The maximum atomic E-state index is 13.0. The highest BCUT2D eigenvalue weighted by atomic mass is 32.2. The Hall–Kier alpha value is -1.33. The van der Waals surface area contributed by atoms with Crippen LogP contribution in [-0.2, 0) is 19.5 Å². The molecule has 3 aliphatic rings. The maximum absolute atomic E-state index is 13.0. The van der Waals surface area contributed by atoms with Gasteiger partial charge in [-0.1, -0.05) is 18.0 Å². The highest BCUT2D eigenvalue weighted by Gasteiger charge is 2.43. The van der Waals surface area contributed by atoms with E-state index in [0.717, 1.165) is 12.8 Å². The molecule has 0 unspecified atom stereocenters. The summed E-state index contributed by atoms with van der Waals surface area (Å²) in [4.78, 5) is 4.51. The first-order valence-electron chi connectivity index (χ1n) is 9.76. The van der Waals surface area contributed by atoms with Gasteiger partial charge in [0.15, 0.2) is 5.79 Å². The van der Waals surface area contributed by atoms with Crippen molar-refractivity contribution >= 4 is 21.4 Å². The van der Waals surface area contributed by atoms with Crippen LogP contribution in [0.15, 0.2) is 20.2 Å². The van der Waals surface area contributed by atoms with Crippen molar-refractivity contribution in [1.82, 2.24) is 14.4 Å². The van der Waals surface area contributed by atoms with Crippen LogP contribution < -0.4 is 0 Å². The first-order valence-corrected chi connectivity index (χ1v) is 12.1. The fourth-order valence-corrected chi connectivity index (χ4v) is 6.99. The van der Waals surface area contributed by atoms with Crippen molar-refractivity contribution < 1.29 is 22.4 Å². The minimum atomic E-state index is -3.55. The van der Waals surface area contributed by atoms with E-state index in [-0.39, 0.29) is 0 Å². The molecule has 5 rings (SSSR count). The van der Waals surface area contributed by atoms with Gasteiger partial charge in [-0.05, 0) is 18.9 Å². The molecule has 1 saturated carbocycles. The van der Waals surface area contributed by atoms with Crippen LogP contribution in [0, 0.1) is 0 Å². The number of rotatable bonds is 4. The molecule has 0 bridgehead atoms. The van der Waals surface area contributed by atoms with E-state index in [1.54, 1.807) is 11.4 Å². The fourth-order valence-electron chi connectivity index (χ4n) is 4.24. The van der Waals surface area contributed by atoms with E-state index < -0.39 is 15.8 Å².